The van der Waals surface area contributed by atoms with Crippen LogP contribution >= 0.6 is 0 Å². The number of anilines is 1. The van der Waals surface area contributed by atoms with Gasteiger partial charge in [-0.15, -0.1) is 0 Å². The molecule has 3 heterocycles. The van der Waals surface area contributed by atoms with E-state index in [0.717, 1.165) is 49.4 Å². The lowest BCUT2D eigenvalue weighted by atomic mass is 9.99. The Morgan fingerprint density at radius 1 is 1.23 bits per heavy atom. The molecule has 0 saturated carbocycles. The summed E-state index contributed by atoms with van der Waals surface area (Å²) < 4.78 is 7.17. The fourth-order valence-corrected chi connectivity index (χ4v) is 4.05. The number of carbonyl (C=O) groups is 1. The predicted molar refractivity (Wildman–Crippen MR) is 118 cm³/mol. The van der Waals surface area contributed by atoms with Gasteiger partial charge in [-0.3, -0.25) is 9.36 Å². The van der Waals surface area contributed by atoms with Gasteiger partial charge in [0.1, 0.15) is 17.9 Å². The minimum atomic E-state index is 0.0655. The highest BCUT2D eigenvalue weighted by Crippen LogP contribution is 2.25. The van der Waals surface area contributed by atoms with Crippen LogP contribution in [-0.2, 0) is 11.2 Å². The third-order valence-corrected chi connectivity index (χ3v) is 5.61. The van der Waals surface area contributed by atoms with Gasteiger partial charge in [0.25, 0.3) is 0 Å². The number of imidazole rings is 1. The van der Waals surface area contributed by atoms with Crippen molar-refractivity contribution in [1.82, 2.24) is 24.8 Å². The average molecular weight is 421 g/mol. The van der Waals surface area contributed by atoms with Gasteiger partial charge in [-0.2, -0.15) is 4.98 Å². The van der Waals surface area contributed by atoms with Crippen molar-refractivity contribution in [2.45, 2.75) is 38.1 Å². The minimum Gasteiger partial charge on any atom is -0.496 e. The van der Waals surface area contributed by atoms with Crippen LogP contribution in [0.25, 0.3) is 5.95 Å². The van der Waals surface area contributed by atoms with E-state index < -0.39 is 0 Å². The van der Waals surface area contributed by atoms with Gasteiger partial charge >= 0.3 is 0 Å². The number of hydrogen-bond donors (Lipinski definition) is 1. The van der Waals surface area contributed by atoms with Crippen molar-refractivity contribution in [3.05, 3.63) is 60.8 Å². The molecule has 4 rings (SSSR count). The molecule has 8 heteroatoms. The van der Waals surface area contributed by atoms with E-state index in [1.165, 1.54) is 0 Å². The highest BCUT2D eigenvalue weighted by Gasteiger charge is 2.26. The zero-order valence-electron chi connectivity index (χ0n) is 17.8. The van der Waals surface area contributed by atoms with Crippen LogP contribution < -0.4 is 15.0 Å². The summed E-state index contributed by atoms with van der Waals surface area (Å²) in [5.74, 6) is 2.36. The molecule has 1 aromatic carbocycles. The first kappa shape index (κ1) is 20.8. The van der Waals surface area contributed by atoms with E-state index in [1.54, 1.807) is 30.4 Å². The molecule has 0 bridgehead atoms. The van der Waals surface area contributed by atoms with Crippen molar-refractivity contribution in [1.29, 1.82) is 0 Å². The van der Waals surface area contributed by atoms with Gasteiger partial charge < -0.3 is 15.0 Å². The molecule has 0 spiro atoms. The molecule has 1 unspecified atom stereocenters. The Labute approximate surface area is 182 Å². The van der Waals surface area contributed by atoms with Crippen LogP contribution in [0.2, 0.25) is 0 Å². The number of aromatic nitrogens is 4. The highest BCUT2D eigenvalue weighted by molar-refractivity contribution is 5.77. The summed E-state index contributed by atoms with van der Waals surface area (Å²) in [6.45, 7) is 1.48. The number of amides is 1. The number of piperidine rings is 1. The molecule has 0 aliphatic carbocycles. The van der Waals surface area contributed by atoms with E-state index in [1.807, 2.05) is 36.5 Å². The Morgan fingerprint density at radius 2 is 2.13 bits per heavy atom. The smallest absolute Gasteiger partial charge is 0.236 e. The summed E-state index contributed by atoms with van der Waals surface area (Å²) in [6.07, 6.45) is 11.4. The SMILES string of the molecule is COc1ccccc1CCNC(=O)CC1CCCCN1c1ccnc(-n2ccnc2)n1. The van der Waals surface area contributed by atoms with Crippen LogP contribution in [-0.4, -0.2) is 51.7 Å². The highest BCUT2D eigenvalue weighted by atomic mass is 16.5. The third-order valence-electron chi connectivity index (χ3n) is 5.61. The van der Waals surface area contributed by atoms with Gasteiger partial charge in [-0.1, -0.05) is 18.2 Å². The minimum absolute atomic E-state index is 0.0655. The Morgan fingerprint density at radius 3 is 2.97 bits per heavy atom. The summed E-state index contributed by atoms with van der Waals surface area (Å²) in [7, 11) is 1.67. The maximum Gasteiger partial charge on any atom is 0.236 e. The molecular formula is C23H28N6O2. The standard InChI is InChI=1S/C23H28N6O2/c1-31-20-8-3-2-6-18(20)9-11-25-22(30)16-19-7-4-5-14-29(19)21-10-12-26-23(27-21)28-15-13-24-17-28/h2-3,6,8,10,12-13,15,17,19H,4-5,7,9,11,14,16H2,1H3,(H,25,30). The maximum absolute atomic E-state index is 12.7. The molecule has 3 aromatic rings. The number of nitrogens with zero attached hydrogens (tertiary/aromatic N) is 5. The van der Waals surface area contributed by atoms with E-state index in [-0.39, 0.29) is 11.9 Å². The van der Waals surface area contributed by atoms with Gasteiger partial charge in [0.2, 0.25) is 11.9 Å². The number of rotatable bonds is 8. The van der Waals surface area contributed by atoms with Gasteiger partial charge in [-0.05, 0) is 43.4 Å². The second-order valence-electron chi connectivity index (χ2n) is 7.64. The molecule has 1 atom stereocenters. The number of methoxy groups -OCH3 is 1. The Balaban J connectivity index is 1.37. The Bertz CT molecular complexity index is 991. The first-order valence-electron chi connectivity index (χ1n) is 10.7. The zero-order valence-corrected chi connectivity index (χ0v) is 17.8. The maximum atomic E-state index is 12.7. The van der Waals surface area contributed by atoms with Crippen LogP contribution in [0.4, 0.5) is 5.82 Å². The zero-order chi connectivity index (χ0) is 21.5. The number of carbonyl (C=O) groups excluding carboxylic acids is 1. The van der Waals surface area contributed by atoms with Crippen molar-refractivity contribution in [3.8, 4) is 11.7 Å². The summed E-state index contributed by atoms with van der Waals surface area (Å²) in [4.78, 5) is 28.0. The van der Waals surface area contributed by atoms with Gasteiger partial charge in [0.05, 0.1) is 7.11 Å². The molecule has 1 amide bonds. The Hall–Kier alpha value is -3.42. The Kier molecular flexibility index (Phi) is 6.76. The molecule has 8 nitrogen and oxygen atoms in total. The number of nitrogens with one attached hydrogen (secondary N) is 1. The normalized spacial score (nSPS) is 16.2. The third kappa shape index (κ3) is 5.20. The largest absolute Gasteiger partial charge is 0.496 e. The van der Waals surface area contributed by atoms with Crippen molar-refractivity contribution >= 4 is 11.7 Å². The molecule has 162 valence electrons. The molecule has 1 N–H and O–H groups in total. The van der Waals surface area contributed by atoms with E-state index in [4.69, 9.17) is 9.72 Å². The second-order valence-corrected chi connectivity index (χ2v) is 7.64. The van der Waals surface area contributed by atoms with Crippen molar-refractivity contribution in [3.63, 3.8) is 0 Å². The molecule has 2 aromatic heterocycles. The quantitative estimate of drug-likeness (QED) is 0.603. The molecule has 1 fully saturated rings. The number of ether oxygens (including phenoxy) is 1. The van der Waals surface area contributed by atoms with Crippen LogP contribution in [0.3, 0.4) is 0 Å². The molecule has 0 radical (unpaired) electrons. The van der Waals surface area contributed by atoms with Gasteiger partial charge in [0.15, 0.2) is 0 Å². The fourth-order valence-electron chi connectivity index (χ4n) is 4.05. The lowest BCUT2D eigenvalue weighted by molar-refractivity contribution is -0.121. The second kappa shape index (κ2) is 10.1. The predicted octanol–water partition coefficient (Wildman–Crippen LogP) is 2.78. The van der Waals surface area contributed by atoms with E-state index >= 15 is 0 Å². The fraction of sp³-hybridized carbons (Fsp3) is 0.391. The van der Waals surface area contributed by atoms with Crippen molar-refractivity contribution in [2.75, 3.05) is 25.1 Å². The molecule has 1 saturated heterocycles. The summed E-state index contributed by atoms with van der Waals surface area (Å²) in [5.41, 5.74) is 1.10. The number of para-hydroxylation sites is 1. The summed E-state index contributed by atoms with van der Waals surface area (Å²) in [5, 5.41) is 3.07. The van der Waals surface area contributed by atoms with Crippen molar-refractivity contribution < 1.29 is 9.53 Å². The molecule has 1 aliphatic rings. The summed E-state index contributed by atoms with van der Waals surface area (Å²) in [6, 6.07) is 9.95. The number of hydrogen-bond acceptors (Lipinski definition) is 6. The van der Waals surface area contributed by atoms with Crippen LogP contribution in [0.15, 0.2) is 55.2 Å². The van der Waals surface area contributed by atoms with E-state index in [2.05, 4.69) is 20.2 Å². The van der Waals surface area contributed by atoms with Crippen LogP contribution in [0.1, 0.15) is 31.2 Å². The monoisotopic (exact) mass is 420 g/mol. The average Bonchev–Trinajstić information content (AvgIpc) is 3.35. The van der Waals surface area contributed by atoms with Crippen molar-refractivity contribution in [2.24, 2.45) is 0 Å². The first-order valence-corrected chi connectivity index (χ1v) is 10.7. The van der Waals surface area contributed by atoms with Gasteiger partial charge in [-0.25, -0.2) is 9.97 Å². The number of benzene rings is 1. The van der Waals surface area contributed by atoms with Crippen LogP contribution in [0.5, 0.6) is 5.75 Å². The topological polar surface area (TPSA) is 85.2 Å². The molecule has 31 heavy (non-hydrogen) atoms. The van der Waals surface area contributed by atoms with Gasteiger partial charge in [0, 0.05) is 44.1 Å². The lowest BCUT2D eigenvalue weighted by Crippen LogP contribution is -2.43. The summed E-state index contributed by atoms with van der Waals surface area (Å²) >= 11 is 0. The molecule has 1 aliphatic heterocycles. The van der Waals surface area contributed by atoms with E-state index in [9.17, 15) is 4.79 Å². The first-order chi connectivity index (χ1) is 15.2. The van der Waals surface area contributed by atoms with Crippen LogP contribution in [0, 0.1) is 0 Å². The lowest BCUT2D eigenvalue weighted by Gasteiger charge is -2.36. The molecular weight excluding hydrogens is 392 g/mol. The van der Waals surface area contributed by atoms with E-state index in [0.29, 0.717) is 18.9 Å².